The summed E-state index contributed by atoms with van der Waals surface area (Å²) in [6.07, 6.45) is 4.76. The predicted molar refractivity (Wildman–Crippen MR) is 92.4 cm³/mol. The minimum absolute atomic E-state index is 0.237. The van der Waals surface area contributed by atoms with Crippen molar-refractivity contribution in [3.05, 3.63) is 65.5 Å². The molecule has 0 saturated heterocycles. The van der Waals surface area contributed by atoms with Gasteiger partial charge < -0.3 is 5.32 Å². The SMILES string of the molecule is CC(C)c1ccc(/C=N/NC(=O)C(=O)NCc2cccnc2)cc1. The first-order chi connectivity index (χ1) is 11.6. The van der Waals surface area contributed by atoms with Gasteiger partial charge in [-0.05, 0) is 28.7 Å². The van der Waals surface area contributed by atoms with Gasteiger partial charge in [-0.25, -0.2) is 5.43 Å². The van der Waals surface area contributed by atoms with E-state index in [2.05, 4.69) is 34.7 Å². The molecule has 0 unspecified atom stereocenters. The van der Waals surface area contributed by atoms with Gasteiger partial charge in [0.15, 0.2) is 0 Å². The van der Waals surface area contributed by atoms with Crippen LogP contribution in [-0.4, -0.2) is 23.0 Å². The zero-order valence-corrected chi connectivity index (χ0v) is 13.7. The summed E-state index contributed by atoms with van der Waals surface area (Å²) in [6.45, 7) is 4.47. The molecule has 1 aromatic heterocycles. The summed E-state index contributed by atoms with van der Waals surface area (Å²) in [5.41, 5.74) is 5.09. The first-order valence-corrected chi connectivity index (χ1v) is 7.66. The molecule has 0 bridgehead atoms. The summed E-state index contributed by atoms with van der Waals surface area (Å²) >= 11 is 0. The fourth-order valence-corrected chi connectivity index (χ4v) is 1.95. The molecule has 0 aliphatic heterocycles. The van der Waals surface area contributed by atoms with E-state index < -0.39 is 11.8 Å². The number of amides is 2. The molecule has 2 N–H and O–H groups in total. The first-order valence-electron chi connectivity index (χ1n) is 7.66. The van der Waals surface area contributed by atoms with Crippen LogP contribution < -0.4 is 10.7 Å². The number of carbonyl (C=O) groups excluding carboxylic acids is 2. The molecule has 0 fully saturated rings. The monoisotopic (exact) mass is 324 g/mol. The van der Waals surface area contributed by atoms with E-state index in [-0.39, 0.29) is 6.54 Å². The van der Waals surface area contributed by atoms with Crippen molar-refractivity contribution in [2.75, 3.05) is 0 Å². The van der Waals surface area contributed by atoms with Crippen LogP contribution in [0.3, 0.4) is 0 Å². The van der Waals surface area contributed by atoms with Crippen LogP contribution >= 0.6 is 0 Å². The van der Waals surface area contributed by atoms with E-state index in [1.165, 1.54) is 11.8 Å². The second-order valence-electron chi connectivity index (χ2n) is 5.56. The normalized spacial score (nSPS) is 10.8. The maximum atomic E-state index is 11.7. The molecule has 1 heterocycles. The van der Waals surface area contributed by atoms with Crippen LogP contribution in [0.2, 0.25) is 0 Å². The second kappa shape index (κ2) is 8.57. The summed E-state index contributed by atoms with van der Waals surface area (Å²) < 4.78 is 0. The Bertz CT molecular complexity index is 710. The number of hydrogen-bond acceptors (Lipinski definition) is 4. The van der Waals surface area contributed by atoms with Crippen LogP contribution in [0.25, 0.3) is 0 Å². The molecule has 124 valence electrons. The summed E-state index contributed by atoms with van der Waals surface area (Å²) in [5.74, 6) is -1.10. The van der Waals surface area contributed by atoms with Crippen molar-refractivity contribution >= 4 is 18.0 Å². The molecule has 0 radical (unpaired) electrons. The van der Waals surface area contributed by atoms with Gasteiger partial charge >= 0.3 is 11.8 Å². The Kier molecular flexibility index (Phi) is 6.19. The molecule has 24 heavy (non-hydrogen) atoms. The van der Waals surface area contributed by atoms with Gasteiger partial charge in [-0.15, -0.1) is 0 Å². The van der Waals surface area contributed by atoms with Crippen molar-refractivity contribution < 1.29 is 9.59 Å². The third kappa shape index (κ3) is 5.31. The van der Waals surface area contributed by atoms with Crippen molar-refractivity contribution in [1.82, 2.24) is 15.7 Å². The lowest BCUT2D eigenvalue weighted by atomic mass is 10.0. The number of nitrogens with zero attached hydrogens (tertiary/aromatic N) is 2. The Balaban J connectivity index is 1.80. The van der Waals surface area contributed by atoms with E-state index in [9.17, 15) is 9.59 Å². The standard InChI is InChI=1S/C18H20N4O2/c1-13(2)16-7-5-14(6-8-16)12-21-22-18(24)17(23)20-11-15-4-3-9-19-10-15/h3-10,12-13H,11H2,1-2H3,(H,20,23)(H,22,24)/b21-12+. The third-order valence-corrected chi connectivity index (χ3v) is 3.36. The number of hydrazone groups is 1. The summed E-state index contributed by atoms with van der Waals surface area (Å²) in [4.78, 5) is 27.2. The minimum Gasteiger partial charge on any atom is -0.344 e. The van der Waals surface area contributed by atoms with Gasteiger partial charge in [0.1, 0.15) is 0 Å². The molecule has 0 saturated carbocycles. The number of pyridine rings is 1. The smallest absolute Gasteiger partial charge is 0.329 e. The topological polar surface area (TPSA) is 83.5 Å². The number of benzene rings is 1. The quantitative estimate of drug-likeness (QED) is 0.501. The average molecular weight is 324 g/mol. The first kappa shape index (κ1) is 17.3. The van der Waals surface area contributed by atoms with Crippen molar-refractivity contribution in [3.63, 3.8) is 0 Å². The Morgan fingerprint density at radius 2 is 1.92 bits per heavy atom. The van der Waals surface area contributed by atoms with Crippen LogP contribution in [0.1, 0.15) is 36.5 Å². The molecule has 2 rings (SSSR count). The van der Waals surface area contributed by atoms with Crippen molar-refractivity contribution in [1.29, 1.82) is 0 Å². The summed E-state index contributed by atoms with van der Waals surface area (Å²) in [5, 5.41) is 6.30. The minimum atomic E-state index is -0.811. The number of aromatic nitrogens is 1. The van der Waals surface area contributed by atoms with Gasteiger partial charge in [0.05, 0.1) is 6.21 Å². The lowest BCUT2D eigenvalue weighted by Crippen LogP contribution is -2.37. The molecule has 2 amide bonds. The van der Waals surface area contributed by atoms with E-state index in [0.717, 1.165) is 11.1 Å². The van der Waals surface area contributed by atoms with Crippen LogP contribution in [0.15, 0.2) is 53.9 Å². The van der Waals surface area contributed by atoms with Crippen LogP contribution in [-0.2, 0) is 16.1 Å². The molecule has 0 aliphatic carbocycles. The van der Waals surface area contributed by atoms with Crippen molar-refractivity contribution in [3.8, 4) is 0 Å². The lowest BCUT2D eigenvalue weighted by molar-refractivity contribution is -0.139. The number of hydrogen-bond donors (Lipinski definition) is 2. The molecule has 2 aromatic rings. The van der Waals surface area contributed by atoms with E-state index in [1.807, 2.05) is 30.3 Å². The average Bonchev–Trinajstić information content (AvgIpc) is 2.61. The highest BCUT2D eigenvalue weighted by molar-refractivity contribution is 6.35. The molecule has 0 aliphatic rings. The summed E-state index contributed by atoms with van der Waals surface area (Å²) in [7, 11) is 0. The Labute approximate surface area is 141 Å². The van der Waals surface area contributed by atoms with Gasteiger partial charge in [-0.3, -0.25) is 14.6 Å². The van der Waals surface area contributed by atoms with Gasteiger partial charge in [0, 0.05) is 18.9 Å². The lowest BCUT2D eigenvalue weighted by Gasteiger charge is -2.05. The summed E-state index contributed by atoms with van der Waals surface area (Å²) in [6, 6.07) is 11.4. The van der Waals surface area contributed by atoms with Gasteiger partial charge in [0.25, 0.3) is 0 Å². The zero-order chi connectivity index (χ0) is 17.4. The molecular weight excluding hydrogens is 304 g/mol. The molecule has 1 aromatic carbocycles. The van der Waals surface area contributed by atoms with Crippen LogP contribution in [0, 0.1) is 0 Å². The van der Waals surface area contributed by atoms with Crippen molar-refractivity contribution in [2.45, 2.75) is 26.3 Å². The highest BCUT2D eigenvalue weighted by Gasteiger charge is 2.11. The fourth-order valence-electron chi connectivity index (χ4n) is 1.95. The largest absolute Gasteiger partial charge is 0.344 e. The van der Waals surface area contributed by atoms with Gasteiger partial charge in [0.2, 0.25) is 0 Å². The van der Waals surface area contributed by atoms with E-state index in [1.54, 1.807) is 18.5 Å². The molecule has 0 atom stereocenters. The number of carbonyl (C=O) groups is 2. The maximum absolute atomic E-state index is 11.7. The number of nitrogens with one attached hydrogen (secondary N) is 2. The van der Waals surface area contributed by atoms with E-state index in [4.69, 9.17) is 0 Å². The van der Waals surface area contributed by atoms with Crippen LogP contribution in [0.5, 0.6) is 0 Å². The number of rotatable bonds is 5. The van der Waals surface area contributed by atoms with Crippen molar-refractivity contribution in [2.24, 2.45) is 5.10 Å². The van der Waals surface area contributed by atoms with Gasteiger partial charge in [-0.1, -0.05) is 44.2 Å². The molecule has 6 heteroatoms. The zero-order valence-electron chi connectivity index (χ0n) is 13.7. The second-order valence-corrected chi connectivity index (χ2v) is 5.56. The highest BCUT2D eigenvalue weighted by Crippen LogP contribution is 2.13. The molecule has 0 spiro atoms. The Morgan fingerprint density at radius 3 is 2.54 bits per heavy atom. The van der Waals surface area contributed by atoms with E-state index >= 15 is 0 Å². The highest BCUT2D eigenvalue weighted by atomic mass is 16.2. The Hall–Kier alpha value is -3.02. The van der Waals surface area contributed by atoms with Gasteiger partial charge in [-0.2, -0.15) is 5.10 Å². The Morgan fingerprint density at radius 1 is 1.17 bits per heavy atom. The maximum Gasteiger partial charge on any atom is 0.329 e. The van der Waals surface area contributed by atoms with E-state index in [0.29, 0.717) is 5.92 Å². The molecule has 6 nitrogen and oxygen atoms in total. The van der Waals surface area contributed by atoms with Crippen LogP contribution in [0.4, 0.5) is 0 Å². The molecular formula is C18H20N4O2. The third-order valence-electron chi connectivity index (χ3n) is 3.36. The fraction of sp³-hybridized carbons (Fsp3) is 0.222. The predicted octanol–water partition coefficient (Wildman–Crippen LogP) is 1.97.